The molecule has 5 aliphatic heterocycles. The van der Waals surface area contributed by atoms with Crippen LogP contribution < -0.4 is 31.9 Å². The molecule has 7 heterocycles. The lowest BCUT2D eigenvalue weighted by Gasteiger charge is -2.36. The van der Waals surface area contributed by atoms with Gasteiger partial charge in [-0.05, 0) is 101 Å². The summed E-state index contributed by atoms with van der Waals surface area (Å²) in [5, 5.41) is 45.3. The van der Waals surface area contributed by atoms with E-state index in [1.807, 2.05) is 0 Å². The molecule has 2 aromatic heterocycles. The van der Waals surface area contributed by atoms with Crippen molar-refractivity contribution in [3.05, 3.63) is 95.1 Å². The van der Waals surface area contributed by atoms with Crippen LogP contribution in [-0.2, 0) is 46.6 Å². The number of ether oxygens (including phenoxy) is 1. The number of hydrogen-bond acceptors (Lipinski definition) is 16. The molecule has 0 radical (unpaired) electrons. The van der Waals surface area contributed by atoms with E-state index >= 15 is 0 Å². The molecule has 0 aliphatic carbocycles. The number of methoxy groups -OCH3 is 1. The number of amides is 6. The molecule has 5 saturated heterocycles. The number of nitrogens with zero attached hydrogens (tertiary/aromatic N) is 10. The van der Waals surface area contributed by atoms with E-state index in [-0.39, 0.29) is 60.7 Å². The zero-order valence-electron chi connectivity index (χ0n) is 49.1. The van der Waals surface area contributed by atoms with Crippen LogP contribution in [0.3, 0.4) is 0 Å². The highest BCUT2D eigenvalue weighted by Gasteiger charge is 2.46. The fourth-order valence-electron chi connectivity index (χ4n) is 12.6. The van der Waals surface area contributed by atoms with Gasteiger partial charge in [0, 0.05) is 71.6 Å². The molecule has 2 aromatic carbocycles. The van der Waals surface area contributed by atoms with Gasteiger partial charge in [0.1, 0.15) is 47.2 Å². The number of carbonyl (C=O) groups excluding carboxylic acids is 6. The summed E-state index contributed by atoms with van der Waals surface area (Å²) >= 11 is 0. The van der Waals surface area contributed by atoms with Crippen molar-refractivity contribution in [1.82, 2.24) is 81.5 Å². The third kappa shape index (κ3) is 16.2. The summed E-state index contributed by atoms with van der Waals surface area (Å²) in [7, 11) is 1.58. The lowest BCUT2D eigenvalue weighted by atomic mass is 9.98. The molecule has 0 bridgehead atoms. The summed E-state index contributed by atoms with van der Waals surface area (Å²) in [6, 6.07) is 5.54. The number of aliphatic hydroxyl groups excluding tert-OH is 1. The number of fused-ring (bicyclic) bond motifs is 2. The van der Waals surface area contributed by atoms with Gasteiger partial charge in [-0.3, -0.25) is 47.9 Å². The Labute approximate surface area is 494 Å². The normalized spacial score (nSPS) is 23.8. The van der Waals surface area contributed by atoms with E-state index < -0.39 is 60.0 Å². The summed E-state index contributed by atoms with van der Waals surface area (Å²) in [5.74, 6) is -2.81. The molecular formula is C59H84F2N16O8. The van der Waals surface area contributed by atoms with Crippen molar-refractivity contribution in [2.75, 3.05) is 72.7 Å². The molecule has 9 rings (SSSR count). The van der Waals surface area contributed by atoms with Crippen molar-refractivity contribution in [2.24, 2.45) is 0 Å². The first-order chi connectivity index (χ1) is 41.2. The zero-order chi connectivity index (χ0) is 60.0. The SMILES string of the molecule is COCCN[C@@H](C)C(=O)N[C@H]1CCCC[C@H]2CC[C@@H](C(=O)N[C@@H](c3ccc(F)cc3)c3cn(CCN4CCN(CCn5cc([C@@H](NC(=O)[C@@H]6CC[C@@H]7CCCC[C@H](NC(=O)[C@H](C)NCCO)C(=O)N76)c6ccc(F)cc6)nn5)CC4)nn3)N2C1=O. The Bertz CT molecular complexity index is 2870. The molecule has 6 amide bonds. The molecular weight excluding hydrogens is 1100 g/mol. The van der Waals surface area contributed by atoms with Gasteiger partial charge >= 0.3 is 0 Å². The van der Waals surface area contributed by atoms with Gasteiger partial charge in [0.2, 0.25) is 35.4 Å². The number of hydrogen-bond donors (Lipinski definition) is 7. The zero-order valence-corrected chi connectivity index (χ0v) is 49.1. The van der Waals surface area contributed by atoms with E-state index in [2.05, 4.69) is 62.3 Å². The van der Waals surface area contributed by atoms with Gasteiger partial charge < -0.3 is 51.5 Å². The largest absolute Gasteiger partial charge is 0.395 e. The predicted molar refractivity (Wildman–Crippen MR) is 308 cm³/mol. The average Bonchev–Trinajstić information content (AvgIpc) is 4.06. The van der Waals surface area contributed by atoms with Gasteiger partial charge in [-0.15, -0.1) is 10.2 Å². The Hall–Kier alpha value is -6.84. The van der Waals surface area contributed by atoms with Crippen LogP contribution in [0.25, 0.3) is 0 Å². The monoisotopic (exact) mass is 1180 g/mol. The fourth-order valence-corrected chi connectivity index (χ4v) is 12.6. The molecule has 462 valence electrons. The highest BCUT2D eigenvalue weighted by Crippen LogP contribution is 2.34. The van der Waals surface area contributed by atoms with Crippen molar-refractivity contribution in [2.45, 2.75) is 164 Å². The van der Waals surface area contributed by atoms with Gasteiger partial charge in [-0.1, -0.05) is 60.4 Å². The fraction of sp³-hybridized carbons (Fsp3) is 0.627. The minimum atomic E-state index is -0.800. The molecule has 85 heavy (non-hydrogen) atoms. The number of halogens is 2. The van der Waals surface area contributed by atoms with E-state index in [0.29, 0.717) is 100 Å². The van der Waals surface area contributed by atoms with E-state index in [1.165, 1.54) is 24.3 Å². The van der Waals surface area contributed by atoms with Gasteiger partial charge in [0.25, 0.3) is 0 Å². The van der Waals surface area contributed by atoms with Crippen molar-refractivity contribution in [1.29, 1.82) is 0 Å². The highest BCUT2D eigenvalue weighted by molar-refractivity contribution is 5.95. The molecule has 5 fully saturated rings. The molecule has 5 aliphatic rings. The second-order valence-corrected chi connectivity index (χ2v) is 23.2. The van der Waals surface area contributed by atoms with Crippen LogP contribution in [0.15, 0.2) is 60.9 Å². The Morgan fingerprint density at radius 1 is 0.588 bits per heavy atom. The maximum absolute atomic E-state index is 14.4. The molecule has 7 N–H and O–H groups in total. The smallest absolute Gasteiger partial charge is 0.246 e. The summed E-state index contributed by atoms with van der Waals surface area (Å²) in [6.45, 7) is 9.98. The van der Waals surface area contributed by atoms with Gasteiger partial charge in [-0.25, -0.2) is 8.78 Å². The first kappa shape index (κ1) is 62.7. The summed E-state index contributed by atoms with van der Waals surface area (Å²) in [4.78, 5) is 91.6. The highest BCUT2D eigenvalue weighted by atomic mass is 19.1. The summed E-state index contributed by atoms with van der Waals surface area (Å²) in [6.07, 6.45) is 11.4. The summed E-state index contributed by atoms with van der Waals surface area (Å²) < 4.78 is 37.1. The van der Waals surface area contributed by atoms with Crippen LogP contribution in [0.2, 0.25) is 0 Å². The molecule has 10 atom stereocenters. The Morgan fingerprint density at radius 3 is 1.41 bits per heavy atom. The second-order valence-electron chi connectivity index (χ2n) is 23.2. The minimum Gasteiger partial charge on any atom is -0.395 e. The van der Waals surface area contributed by atoms with E-state index in [9.17, 15) is 42.7 Å². The van der Waals surface area contributed by atoms with Crippen molar-refractivity contribution in [3.8, 4) is 0 Å². The molecule has 0 unspecified atom stereocenters. The van der Waals surface area contributed by atoms with Crippen LogP contribution in [0.4, 0.5) is 8.78 Å². The van der Waals surface area contributed by atoms with Gasteiger partial charge in [0.05, 0.1) is 62.9 Å². The number of aliphatic hydroxyl groups is 1. The Morgan fingerprint density at radius 2 is 1.00 bits per heavy atom. The van der Waals surface area contributed by atoms with Crippen LogP contribution in [0, 0.1) is 11.6 Å². The number of benzene rings is 2. The first-order valence-corrected chi connectivity index (χ1v) is 30.4. The number of carbonyl (C=O) groups is 6. The van der Waals surface area contributed by atoms with Crippen molar-refractivity contribution < 1.29 is 47.4 Å². The lowest BCUT2D eigenvalue weighted by Crippen LogP contribution is -2.58. The number of aromatic nitrogens is 6. The Kier molecular flexibility index (Phi) is 22.1. The Balaban J connectivity index is 0.778. The minimum absolute atomic E-state index is 0.132. The standard InChI is InChI=1S/C59H84F2N16O8/c1-38(62-24-34-78)54(79)64-46-10-6-4-8-44-20-22-50(76(44)58(46)83)56(81)66-52(40-12-16-42(60)17-13-40)48-36-74(70-68-48)32-30-72-26-28-73(29-27-72)31-33-75-37-49(69-71-75)53(41-14-18-43(61)19-15-41)67-57(82)51-23-21-45-9-5-7-11-47(59(84)77(45)51)65-55(80)39(2)63-25-35-85-3/h12-19,36-39,44-47,50-53,62-63,78H,4-11,20-35H2,1-3H3,(H,64,79)(H,65,80)(H,66,81)(H,67,82)/t38-,39-,44-,45-,46-,47-,50-,51-,52-,53-/m0/s1. The number of piperazine rings is 1. The topological polar surface area (TPSA) is 278 Å². The predicted octanol–water partition coefficient (Wildman–Crippen LogP) is 1.31. The average molecular weight is 1180 g/mol. The second kappa shape index (κ2) is 30.0. The van der Waals surface area contributed by atoms with E-state index in [4.69, 9.17) is 4.74 Å². The van der Waals surface area contributed by atoms with Crippen LogP contribution in [0.1, 0.15) is 125 Å². The van der Waals surface area contributed by atoms with Crippen molar-refractivity contribution >= 4 is 35.4 Å². The third-order valence-electron chi connectivity index (χ3n) is 17.5. The lowest BCUT2D eigenvalue weighted by molar-refractivity contribution is -0.144. The number of nitrogens with one attached hydrogen (secondary N) is 6. The third-order valence-corrected chi connectivity index (χ3v) is 17.5. The molecule has 24 nitrogen and oxygen atoms in total. The van der Waals surface area contributed by atoms with E-state index in [0.717, 1.165) is 64.7 Å². The number of rotatable bonds is 25. The van der Waals surface area contributed by atoms with E-state index in [1.54, 1.807) is 76.8 Å². The van der Waals surface area contributed by atoms with Crippen molar-refractivity contribution in [3.63, 3.8) is 0 Å². The molecule has 4 aromatic rings. The molecule has 0 saturated carbocycles. The van der Waals surface area contributed by atoms with Crippen LogP contribution in [-0.4, -0.2) is 211 Å². The summed E-state index contributed by atoms with van der Waals surface area (Å²) in [5.41, 5.74) is 2.12. The molecule has 26 heteroatoms. The maximum atomic E-state index is 14.4. The van der Waals surface area contributed by atoms with Crippen LogP contribution in [0.5, 0.6) is 0 Å². The molecule has 0 spiro atoms. The van der Waals surface area contributed by atoms with Gasteiger partial charge in [0.15, 0.2) is 0 Å². The first-order valence-electron chi connectivity index (χ1n) is 30.4. The van der Waals surface area contributed by atoms with Gasteiger partial charge in [-0.2, -0.15) is 0 Å². The maximum Gasteiger partial charge on any atom is 0.246 e. The van der Waals surface area contributed by atoms with Crippen LogP contribution >= 0.6 is 0 Å². The quantitative estimate of drug-likeness (QED) is 0.0461.